The van der Waals surface area contributed by atoms with Crippen LogP contribution in [-0.4, -0.2) is 29.9 Å². The number of carbonyl (C=O) groups is 1. The summed E-state index contributed by atoms with van der Waals surface area (Å²) in [4.78, 5) is 14.6. The van der Waals surface area contributed by atoms with Crippen molar-refractivity contribution in [3.63, 3.8) is 0 Å². The van der Waals surface area contributed by atoms with Crippen molar-refractivity contribution in [2.45, 2.75) is 38.5 Å². The third-order valence-electron chi connectivity index (χ3n) is 5.10. The van der Waals surface area contributed by atoms with E-state index in [1.54, 1.807) is 0 Å². The predicted octanol–water partition coefficient (Wildman–Crippen LogP) is 2.90. The molecule has 0 saturated carbocycles. The fourth-order valence-corrected chi connectivity index (χ4v) is 3.65. The van der Waals surface area contributed by atoms with Gasteiger partial charge in [0, 0.05) is 19.6 Å². The summed E-state index contributed by atoms with van der Waals surface area (Å²) < 4.78 is 5.91. The van der Waals surface area contributed by atoms with Crippen LogP contribution in [0.15, 0.2) is 48.5 Å². The predicted molar refractivity (Wildman–Crippen MR) is 97.4 cm³/mol. The van der Waals surface area contributed by atoms with Crippen molar-refractivity contribution >= 4 is 5.91 Å². The number of nitrogens with one attached hydrogen (secondary N) is 1. The van der Waals surface area contributed by atoms with E-state index in [0.29, 0.717) is 6.61 Å². The molecular formula is C21H24N2O2. The molecule has 1 atom stereocenters. The number of benzene rings is 2. The monoisotopic (exact) mass is 336 g/mol. The Morgan fingerprint density at radius 2 is 1.88 bits per heavy atom. The van der Waals surface area contributed by atoms with Gasteiger partial charge in [-0.3, -0.25) is 4.79 Å². The first kappa shape index (κ1) is 16.2. The molecule has 130 valence electrons. The minimum atomic E-state index is -0.0818. The lowest BCUT2D eigenvalue weighted by Crippen LogP contribution is -2.48. The Kier molecular flexibility index (Phi) is 4.70. The third kappa shape index (κ3) is 3.69. The van der Waals surface area contributed by atoms with Crippen molar-refractivity contribution in [1.29, 1.82) is 0 Å². The van der Waals surface area contributed by atoms with Crippen molar-refractivity contribution in [1.82, 2.24) is 10.2 Å². The Balaban J connectivity index is 1.39. The Hall–Kier alpha value is -2.33. The van der Waals surface area contributed by atoms with Gasteiger partial charge >= 0.3 is 0 Å². The molecule has 1 saturated heterocycles. The minimum Gasteiger partial charge on any atom is -0.489 e. The average molecular weight is 336 g/mol. The highest BCUT2D eigenvalue weighted by Gasteiger charge is 2.29. The fraction of sp³-hybridized carbons (Fsp3) is 0.381. The number of rotatable bonds is 4. The van der Waals surface area contributed by atoms with Crippen LogP contribution in [0.5, 0.6) is 5.75 Å². The molecule has 1 amide bonds. The molecule has 2 aliphatic heterocycles. The van der Waals surface area contributed by atoms with Crippen molar-refractivity contribution in [2.24, 2.45) is 0 Å². The summed E-state index contributed by atoms with van der Waals surface area (Å²) >= 11 is 0. The third-order valence-corrected chi connectivity index (χ3v) is 5.10. The van der Waals surface area contributed by atoms with Crippen molar-refractivity contribution in [3.05, 3.63) is 65.2 Å². The highest BCUT2D eigenvalue weighted by atomic mass is 16.5. The first-order valence-corrected chi connectivity index (χ1v) is 9.10. The number of carbonyl (C=O) groups excluding carboxylic acids is 1. The summed E-state index contributed by atoms with van der Waals surface area (Å²) in [5, 5.41) is 3.41. The maximum atomic E-state index is 12.6. The molecule has 4 heteroatoms. The maximum absolute atomic E-state index is 12.6. The summed E-state index contributed by atoms with van der Waals surface area (Å²) in [6, 6.07) is 16.3. The summed E-state index contributed by atoms with van der Waals surface area (Å²) in [5.74, 6) is 1.14. The molecule has 1 fully saturated rings. The van der Waals surface area contributed by atoms with Gasteiger partial charge in [-0.05, 0) is 48.1 Å². The summed E-state index contributed by atoms with van der Waals surface area (Å²) in [6.45, 7) is 3.12. The van der Waals surface area contributed by atoms with E-state index in [9.17, 15) is 4.79 Å². The SMILES string of the molecule is O=C([C@@H]1Cc2ccc(OCc3ccccc3)cc2CN1)N1CCCC1. The van der Waals surface area contributed by atoms with Crippen LogP contribution in [0.2, 0.25) is 0 Å². The molecule has 0 spiro atoms. The molecule has 4 rings (SSSR count). The second-order valence-corrected chi connectivity index (χ2v) is 6.87. The lowest BCUT2D eigenvalue weighted by Gasteiger charge is -2.29. The highest BCUT2D eigenvalue weighted by molar-refractivity contribution is 5.82. The summed E-state index contributed by atoms with van der Waals surface area (Å²) in [5.41, 5.74) is 3.65. The molecule has 0 unspecified atom stereocenters. The maximum Gasteiger partial charge on any atom is 0.240 e. The van der Waals surface area contributed by atoms with E-state index in [1.807, 2.05) is 29.2 Å². The van der Waals surface area contributed by atoms with E-state index in [-0.39, 0.29) is 11.9 Å². The normalized spacial score (nSPS) is 19.5. The van der Waals surface area contributed by atoms with Crippen LogP contribution in [0.1, 0.15) is 29.5 Å². The number of ether oxygens (including phenoxy) is 1. The zero-order valence-electron chi connectivity index (χ0n) is 14.4. The van der Waals surface area contributed by atoms with Crippen LogP contribution in [-0.2, 0) is 24.4 Å². The van der Waals surface area contributed by atoms with Gasteiger partial charge in [0.05, 0.1) is 6.04 Å². The Morgan fingerprint density at radius 1 is 1.08 bits per heavy atom. The summed E-state index contributed by atoms with van der Waals surface area (Å²) in [7, 11) is 0. The van der Waals surface area contributed by atoms with Crippen LogP contribution in [0, 0.1) is 0 Å². The van der Waals surface area contributed by atoms with Crippen molar-refractivity contribution < 1.29 is 9.53 Å². The van der Waals surface area contributed by atoms with E-state index >= 15 is 0 Å². The van der Waals surface area contributed by atoms with E-state index in [2.05, 4.69) is 29.6 Å². The van der Waals surface area contributed by atoms with Crippen molar-refractivity contribution in [3.8, 4) is 5.75 Å². The molecule has 4 nitrogen and oxygen atoms in total. The van der Waals surface area contributed by atoms with Gasteiger partial charge in [-0.15, -0.1) is 0 Å². The molecule has 2 aliphatic rings. The van der Waals surface area contributed by atoms with Gasteiger partial charge in [0.25, 0.3) is 0 Å². The fourth-order valence-electron chi connectivity index (χ4n) is 3.65. The lowest BCUT2D eigenvalue weighted by molar-refractivity contribution is -0.132. The van der Waals surface area contributed by atoms with Gasteiger partial charge in [-0.2, -0.15) is 0 Å². The molecular weight excluding hydrogens is 312 g/mol. The molecule has 25 heavy (non-hydrogen) atoms. The number of likely N-dealkylation sites (tertiary alicyclic amines) is 1. The Labute approximate surface area is 148 Å². The highest BCUT2D eigenvalue weighted by Crippen LogP contribution is 2.24. The second kappa shape index (κ2) is 7.28. The number of fused-ring (bicyclic) bond motifs is 1. The van der Waals surface area contributed by atoms with Gasteiger partial charge in [0.15, 0.2) is 0 Å². The molecule has 0 radical (unpaired) electrons. The summed E-state index contributed by atoms with van der Waals surface area (Å²) in [6.07, 6.45) is 3.04. The van der Waals surface area contributed by atoms with E-state index in [0.717, 1.165) is 50.2 Å². The molecule has 0 bridgehead atoms. The van der Waals surface area contributed by atoms with Crippen LogP contribution >= 0.6 is 0 Å². The van der Waals surface area contributed by atoms with Crippen molar-refractivity contribution in [2.75, 3.05) is 13.1 Å². The van der Waals surface area contributed by atoms with Crippen LogP contribution in [0.25, 0.3) is 0 Å². The Bertz CT molecular complexity index is 739. The zero-order chi connectivity index (χ0) is 17.1. The van der Waals surface area contributed by atoms with E-state index in [1.165, 1.54) is 11.1 Å². The second-order valence-electron chi connectivity index (χ2n) is 6.87. The standard InChI is InChI=1S/C21H24N2O2/c24-21(23-10-4-5-11-23)20-13-17-8-9-19(12-18(17)14-22-20)25-15-16-6-2-1-3-7-16/h1-3,6-9,12,20,22H,4-5,10-11,13-15H2/t20-/m0/s1. The van der Waals surface area contributed by atoms with Crippen LogP contribution in [0.3, 0.4) is 0 Å². The molecule has 0 aromatic heterocycles. The van der Waals surface area contributed by atoms with Crippen LogP contribution in [0.4, 0.5) is 0 Å². The van der Waals surface area contributed by atoms with Gasteiger partial charge in [-0.25, -0.2) is 0 Å². The smallest absolute Gasteiger partial charge is 0.240 e. The van der Waals surface area contributed by atoms with E-state index in [4.69, 9.17) is 4.74 Å². The largest absolute Gasteiger partial charge is 0.489 e. The minimum absolute atomic E-state index is 0.0818. The number of hydrogen-bond acceptors (Lipinski definition) is 3. The van der Waals surface area contributed by atoms with Gasteiger partial charge in [0.2, 0.25) is 5.91 Å². The molecule has 1 N–H and O–H groups in total. The average Bonchev–Trinajstić information content (AvgIpc) is 3.21. The molecule has 0 aliphatic carbocycles. The first-order chi connectivity index (χ1) is 12.3. The first-order valence-electron chi connectivity index (χ1n) is 9.10. The topological polar surface area (TPSA) is 41.6 Å². The quantitative estimate of drug-likeness (QED) is 0.933. The zero-order valence-corrected chi connectivity index (χ0v) is 14.4. The molecule has 2 aromatic carbocycles. The number of nitrogens with zero attached hydrogens (tertiary/aromatic N) is 1. The van der Waals surface area contributed by atoms with Gasteiger partial charge < -0.3 is 15.0 Å². The Morgan fingerprint density at radius 3 is 2.68 bits per heavy atom. The molecule has 2 heterocycles. The number of amides is 1. The van der Waals surface area contributed by atoms with Crippen LogP contribution < -0.4 is 10.1 Å². The van der Waals surface area contributed by atoms with E-state index < -0.39 is 0 Å². The van der Waals surface area contributed by atoms with Gasteiger partial charge in [-0.1, -0.05) is 36.4 Å². The lowest BCUT2D eigenvalue weighted by atomic mass is 9.95. The van der Waals surface area contributed by atoms with Gasteiger partial charge in [0.1, 0.15) is 12.4 Å². The molecule has 2 aromatic rings. The number of hydrogen-bond donors (Lipinski definition) is 1.